The Kier molecular flexibility index (Phi) is 10.3. The number of methoxy groups -OCH3 is 1. The number of aryl methyl sites for hydroxylation is 1. The highest BCUT2D eigenvalue weighted by atomic mass is 16.5. The summed E-state index contributed by atoms with van der Waals surface area (Å²) in [5.74, 6) is 1.64. The summed E-state index contributed by atoms with van der Waals surface area (Å²) in [5.41, 5.74) is 4.86. The second kappa shape index (κ2) is 13.0. The van der Waals surface area contributed by atoms with Crippen LogP contribution >= 0.6 is 0 Å². The van der Waals surface area contributed by atoms with Gasteiger partial charge in [0.1, 0.15) is 12.4 Å². The Morgan fingerprint density at radius 3 is 2.32 bits per heavy atom. The first kappa shape index (κ1) is 24.7. The van der Waals surface area contributed by atoms with Crippen LogP contribution in [0.3, 0.4) is 0 Å². The lowest BCUT2D eigenvalue weighted by Crippen LogP contribution is -2.36. The molecule has 0 heterocycles. The number of ether oxygens (including phenoxy) is 2. The summed E-state index contributed by atoms with van der Waals surface area (Å²) >= 11 is 0. The molecule has 2 aromatic carbocycles. The lowest BCUT2D eigenvalue weighted by molar-refractivity contribution is 0.145. The minimum atomic E-state index is 0.505. The number of nitrogens with zero attached hydrogens (tertiary/aromatic N) is 2. The van der Waals surface area contributed by atoms with Crippen molar-refractivity contribution < 1.29 is 9.47 Å². The monoisotopic (exact) mass is 426 g/mol. The highest BCUT2D eigenvalue weighted by Gasteiger charge is 2.10. The molecule has 0 bridgehead atoms. The van der Waals surface area contributed by atoms with Gasteiger partial charge in [-0.15, -0.1) is 0 Å². The summed E-state index contributed by atoms with van der Waals surface area (Å²) in [6.07, 6.45) is 0. The molecule has 31 heavy (non-hydrogen) atoms. The third kappa shape index (κ3) is 8.23. The predicted molar refractivity (Wildman–Crippen MR) is 129 cm³/mol. The van der Waals surface area contributed by atoms with Gasteiger partial charge in [-0.25, -0.2) is 0 Å². The molecule has 0 saturated carbocycles. The number of guanidine groups is 1. The number of rotatable bonds is 11. The molecule has 0 aliphatic carbocycles. The van der Waals surface area contributed by atoms with E-state index in [1.54, 1.807) is 14.2 Å². The molecular weight excluding hydrogens is 388 g/mol. The molecule has 0 saturated heterocycles. The van der Waals surface area contributed by atoms with Gasteiger partial charge in [0.2, 0.25) is 0 Å². The minimum absolute atomic E-state index is 0.505. The number of nitrogens with one attached hydrogen (secondary N) is 2. The zero-order valence-corrected chi connectivity index (χ0v) is 19.9. The first-order valence-electron chi connectivity index (χ1n) is 10.9. The van der Waals surface area contributed by atoms with Crippen molar-refractivity contribution in [3.63, 3.8) is 0 Å². The van der Waals surface area contributed by atoms with Crippen LogP contribution < -0.4 is 15.4 Å². The fourth-order valence-corrected chi connectivity index (χ4v) is 3.09. The summed E-state index contributed by atoms with van der Waals surface area (Å²) in [5, 5.41) is 6.84. The van der Waals surface area contributed by atoms with Gasteiger partial charge in [-0.05, 0) is 50.6 Å². The summed E-state index contributed by atoms with van der Waals surface area (Å²) in [6.45, 7) is 9.85. The van der Waals surface area contributed by atoms with Crippen LogP contribution in [0.15, 0.2) is 47.5 Å². The van der Waals surface area contributed by atoms with Gasteiger partial charge in [0.15, 0.2) is 5.96 Å². The van der Waals surface area contributed by atoms with Crippen LogP contribution in [-0.2, 0) is 24.4 Å². The number of aliphatic imine (C=N–C) groups is 1. The largest absolute Gasteiger partial charge is 0.491 e. The van der Waals surface area contributed by atoms with E-state index in [1.165, 1.54) is 16.7 Å². The summed E-state index contributed by atoms with van der Waals surface area (Å²) in [4.78, 5) is 6.72. The van der Waals surface area contributed by atoms with Gasteiger partial charge < -0.3 is 20.1 Å². The fraction of sp³-hybridized carbons (Fsp3) is 0.480. The second-order valence-electron chi connectivity index (χ2n) is 8.01. The number of hydrogen-bond acceptors (Lipinski definition) is 4. The van der Waals surface area contributed by atoms with Crippen molar-refractivity contribution in [3.8, 4) is 5.75 Å². The van der Waals surface area contributed by atoms with E-state index in [4.69, 9.17) is 9.47 Å². The molecule has 0 amide bonds. The lowest BCUT2D eigenvalue weighted by atomic mass is 10.1. The molecule has 2 rings (SSSR count). The van der Waals surface area contributed by atoms with Crippen molar-refractivity contribution in [2.75, 3.05) is 34.4 Å². The molecule has 0 fully saturated rings. The van der Waals surface area contributed by atoms with Gasteiger partial charge in [0.25, 0.3) is 0 Å². The van der Waals surface area contributed by atoms with E-state index >= 15 is 0 Å². The van der Waals surface area contributed by atoms with E-state index < -0.39 is 0 Å². The molecule has 0 atom stereocenters. The molecule has 0 aromatic heterocycles. The van der Waals surface area contributed by atoms with Crippen molar-refractivity contribution in [1.82, 2.24) is 15.5 Å². The Morgan fingerprint density at radius 1 is 1.00 bits per heavy atom. The smallest absolute Gasteiger partial charge is 0.191 e. The second-order valence-corrected chi connectivity index (χ2v) is 8.01. The van der Waals surface area contributed by atoms with Crippen LogP contribution in [0.2, 0.25) is 0 Å². The quantitative estimate of drug-likeness (QED) is 0.326. The first-order chi connectivity index (χ1) is 14.9. The van der Waals surface area contributed by atoms with Crippen molar-refractivity contribution in [2.24, 2.45) is 4.99 Å². The zero-order chi connectivity index (χ0) is 22.6. The van der Waals surface area contributed by atoms with Crippen LogP contribution in [-0.4, -0.2) is 51.3 Å². The molecule has 2 aromatic rings. The van der Waals surface area contributed by atoms with Gasteiger partial charge in [0, 0.05) is 45.4 Å². The highest BCUT2D eigenvalue weighted by molar-refractivity contribution is 5.79. The molecule has 0 aliphatic heterocycles. The summed E-state index contributed by atoms with van der Waals surface area (Å²) in [7, 11) is 5.62. The molecule has 0 radical (unpaired) electrons. The van der Waals surface area contributed by atoms with Crippen LogP contribution in [0.5, 0.6) is 5.75 Å². The molecule has 170 valence electrons. The van der Waals surface area contributed by atoms with E-state index in [0.717, 1.165) is 23.8 Å². The van der Waals surface area contributed by atoms with E-state index in [-0.39, 0.29) is 0 Å². The molecule has 6 heteroatoms. The van der Waals surface area contributed by atoms with Gasteiger partial charge in [-0.1, -0.05) is 36.4 Å². The molecular formula is C25H38N4O2. The van der Waals surface area contributed by atoms with Crippen molar-refractivity contribution in [3.05, 3.63) is 64.7 Å². The molecule has 6 nitrogen and oxygen atoms in total. The Hall–Kier alpha value is -2.57. The van der Waals surface area contributed by atoms with Gasteiger partial charge in [0.05, 0.1) is 6.61 Å². The number of hydrogen-bond donors (Lipinski definition) is 2. The normalized spacial score (nSPS) is 11.8. The summed E-state index contributed by atoms with van der Waals surface area (Å²) in [6, 6.07) is 15.3. The average molecular weight is 427 g/mol. The maximum atomic E-state index is 5.90. The van der Waals surface area contributed by atoms with Crippen LogP contribution in [0, 0.1) is 6.92 Å². The Labute approximate surface area is 187 Å². The van der Waals surface area contributed by atoms with Crippen molar-refractivity contribution >= 4 is 5.96 Å². The van der Waals surface area contributed by atoms with Crippen molar-refractivity contribution in [2.45, 2.75) is 46.4 Å². The standard InChI is InChI=1S/C25H38N4O2/c1-19(2)29(5)18-23-10-8-7-9-21(23)16-27-25(26-4)28-17-22-12-11-20(3)15-24(22)31-14-13-30-6/h7-12,15,19H,13-14,16-18H2,1-6H3,(H2,26,27,28). The third-order valence-electron chi connectivity index (χ3n) is 5.30. The molecule has 0 unspecified atom stereocenters. The maximum Gasteiger partial charge on any atom is 0.191 e. The summed E-state index contributed by atoms with van der Waals surface area (Å²) < 4.78 is 11.0. The Morgan fingerprint density at radius 2 is 1.68 bits per heavy atom. The minimum Gasteiger partial charge on any atom is -0.491 e. The zero-order valence-electron chi connectivity index (χ0n) is 19.9. The first-order valence-corrected chi connectivity index (χ1v) is 10.9. The highest BCUT2D eigenvalue weighted by Crippen LogP contribution is 2.20. The van der Waals surface area contributed by atoms with E-state index in [1.807, 2.05) is 0 Å². The average Bonchev–Trinajstić information content (AvgIpc) is 2.76. The predicted octanol–water partition coefficient (Wildman–Crippen LogP) is 3.73. The van der Waals surface area contributed by atoms with Crippen LogP contribution in [0.25, 0.3) is 0 Å². The van der Waals surface area contributed by atoms with Gasteiger partial charge in [-0.2, -0.15) is 0 Å². The van der Waals surface area contributed by atoms with E-state index in [2.05, 4.69) is 90.8 Å². The van der Waals surface area contributed by atoms with Crippen LogP contribution in [0.4, 0.5) is 0 Å². The van der Waals surface area contributed by atoms with Gasteiger partial charge >= 0.3 is 0 Å². The van der Waals surface area contributed by atoms with E-state index in [9.17, 15) is 0 Å². The molecule has 2 N–H and O–H groups in total. The number of benzene rings is 2. The third-order valence-corrected chi connectivity index (χ3v) is 5.30. The Balaban J connectivity index is 1.97. The lowest BCUT2D eigenvalue weighted by Gasteiger charge is -2.23. The fourth-order valence-electron chi connectivity index (χ4n) is 3.09. The molecule has 0 spiro atoms. The Bertz CT molecular complexity index is 836. The van der Waals surface area contributed by atoms with Crippen molar-refractivity contribution in [1.29, 1.82) is 0 Å². The molecule has 0 aliphatic rings. The van der Waals surface area contributed by atoms with Gasteiger partial charge in [-0.3, -0.25) is 9.89 Å². The van der Waals surface area contributed by atoms with E-state index in [0.29, 0.717) is 32.3 Å². The SMILES string of the molecule is CN=C(NCc1ccccc1CN(C)C(C)C)NCc1ccc(C)cc1OCCOC. The van der Waals surface area contributed by atoms with Crippen LogP contribution in [0.1, 0.15) is 36.1 Å². The topological polar surface area (TPSA) is 58.1 Å². The maximum absolute atomic E-state index is 5.90.